The second-order valence-corrected chi connectivity index (χ2v) is 9.66. The number of carbonyl (C=O) groups excluding carboxylic acids is 1. The second-order valence-electron chi connectivity index (χ2n) is 9.27. The monoisotopic (exact) mass is 475 g/mol. The molecule has 0 saturated carbocycles. The number of aryl methyl sites for hydroxylation is 2. The molecule has 1 aromatic carbocycles. The van der Waals surface area contributed by atoms with E-state index in [4.69, 9.17) is 12.2 Å². The quantitative estimate of drug-likeness (QED) is 0.449. The van der Waals surface area contributed by atoms with Crippen molar-refractivity contribution in [3.05, 3.63) is 82.9 Å². The largest absolute Gasteiger partial charge is 0.352 e. The van der Waals surface area contributed by atoms with Gasteiger partial charge in [-0.25, -0.2) is 0 Å². The van der Waals surface area contributed by atoms with E-state index < -0.39 is 0 Å². The van der Waals surface area contributed by atoms with E-state index in [9.17, 15) is 4.79 Å². The van der Waals surface area contributed by atoms with Gasteiger partial charge in [0, 0.05) is 42.3 Å². The SMILES string of the molecule is Cc1ccc(NC(=O)CCN2C(=S)NC(c3ccccn3)C2c2cc(C)n(C(C)C)c2C)cc1. The number of amides is 1. The molecule has 3 aromatic rings. The first-order chi connectivity index (χ1) is 16.3. The molecule has 0 spiro atoms. The number of hydrogen-bond acceptors (Lipinski definition) is 3. The molecule has 6 nitrogen and oxygen atoms in total. The van der Waals surface area contributed by atoms with Crippen LogP contribution < -0.4 is 10.6 Å². The Morgan fingerprint density at radius 1 is 1.15 bits per heavy atom. The number of nitrogens with one attached hydrogen (secondary N) is 2. The topological polar surface area (TPSA) is 62.2 Å². The summed E-state index contributed by atoms with van der Waals surface area (Å²) in [6.07, 6.45) is 2.15. The van der Waals surface area contributed by atoms with Crippen molar-refractivity contribution in [2.24, 2.45) is 0 Å². The minimum Gasteiger partial charge on any atom is -0.352 e. The van der Waals surface area contributed by atoms with Crippen molar-refractivity contribution in [2.45, 2.75) is 59.2 Å². The standard InChI is InChI=1S/C27H33N5OS/c1-17(2)32-19(4)16-22(20(32)5)26-25(23-8-6-7-14-28-23)30-27(34)31(26)15-13-24(33)29-21-11-9-18(3)10-12-21/h6-12,14,16-17,25-26H,13,15H2,1-5H3,(H,29,33)(H,30,34). The summed E-state index contributed by atoms with van der Waals surface area (Å²) >= 11 is 5.77. The van der Waals surface area contributed by atoms with Crippen LogP contribution in [0.5, 0.6) is 0 Å². The maximum atomic E-state index is 12.8. The molecule has 2 unspecified atom stereocenters. The maximum Gasteiger partial charge on any atom is 0.226 e. The third-order valence-corrected chi connectivity index (χ3v) is 6.82. The summed E-state index contributed by atoms with van der Waals surface area (Å²) in [5.74, 6) is -0.0284. The van der Waals surface area contributed by atoms with Crippen LogP contribution in [0.4, 0.5) is 5.69 Å². The van der Waals surface area contributed by atoms with E-state index in [2.05, 4.69) is 58.8 Å². The summed E-state index contributed by atoms with van der Waals surface area (Å²) in [6, 6.07) is 16.3. The zero-order chi connectivity index (χ0) is 24.4. The minimum absolute atomic E-state index is 0.0284. The molecule has 1 amide bonds. The van der Waals surface area contributed by atoms with Gasteiger partial charge in [0.2, 0.25) is 5.91 Å². The molecule has 0 radical (unpaired) electrons. The second kappa shape index (κ2) is 9.97. The smallest absolute Gasteiger partial charge is 0.226 e. The van der Waals surface area contributed by atoms with Crippen molar-refractivity contribution in [1.29, 1.82) is 0 Å². The van der Waals surface area contributed by atoms with E-state index in [0.29, 0.717) is 24.1 Å². The van der Waals surface area contributed by atoms with Gasteiger partial charge in [0.25, 0.3) is 0 Å². The van der Waals surface area contributed by atoms with Crippen molar-refractivity contribution in [1.82, 2.24) is 19.8 Å². The lowest BCUT2D eigenvalue weighted by Crippen LogP contribution is -2.33. The molecular weight excluding hydrogens is 442 g/mol. The molecule has 7 heteroatoms. The highest BCUT2D eigenvalue weighted by Crippen LogP contribution is 2.41. The first-order valence-electron chi connectivity index (χ1n) is 11.8. The van der Waals surface area contributed by atoms with Crippen molar-refractivity contribution in [2.75, 3.05) is 11.9 Å². The van der Waals surface area contributed by atoms with Crippen LogP contribution in [0.25, 0.3) is 0 Å². The fourth-order valence-electron chi connectivity index (χ4n) is 4.96. The van der Waals surface area contributed by atoms with Crippen LogP contribution in [-0.2, 0) is 4.79 Å². The highest BCUT2D eigenvalue weighted by molar-refractivity contribution is 7.80. The highest BCUT2D eigenvalue weighted by atomic mass is 32.1. The molecule has 2 aromatic heterocycles. The minimum atomic E-state index is -0.0880. The van der Waals surface area contributed by atoms with E-state index in [0.717, 1.165) is 16.9 Å². The zero-order valence-corrected chi connectivity index (χ0v) is 21.3. The lowest BCUT2D eigenvalue weighted by atomic mass is 9.96. The van der Waals surface area contributed by atoms with E-state index in [1.807, 2.05) is 55.6 Å². The molecule has 1 fully saturated rings. The number of rotatable bonds is 7. The van der Waals surface area contributed by atoms with Gasteiger partial charge in [-0.15, -0.1) is 0 Å². The molecule has 0 bridgehead atoms. The van der Waals surface area contributed by atoms with Crippen LogP contribution >= 0.6 is 12.2 Å². The third-order valence-electron chi connectivity index (χ3n) is 6.47. The average Bonchev–Trinajstić information content (AvgIpc) is 3.29. The average molecular weight is 476 g/mol. The molecule has 0 aliphatic carbocycles. The molecule has 2 N–H and O–H groups in total. The van der Waals surface area contributed by atoms with Gasteiger partial charge >= 0.3 is 0 Å². The van der Waals surface area contributed by atoms with Gasteiger partial charge in [-0.1, -0.05) is 23.8 Å². The predicted octanol–water partition coefficient (Wildman–Crippen LogP) is 5.39. The van der Waals surface area contributed by atoms with Gasteiger partial charge in [-0.2, -0.15) is 0 Å². The van der Waals surface area contributed by atoms with Crippen LogP contribution in [0.3, 0.4) is 0 Å². The van der Waals surface area contributed by atoms with Gasteiger partial charge < -0.3 is 20.1 Å². The van der Waals surface area contributed by atoms with E-state index in [1.165, 1.54) is 17.0 Å². The highest BCUT2D eigenvalue weighted by Gasteiger charge is 2.41. The number of hydrogen-bond donors (Lipinski definition) is 2. The summed E-state index contributed by atoms with van der Waals surface area (Å²) in [7, 11) is 0. The van der Waals surface area contributed by atoms with Crippen molar-refractivity contribution >= 4 is 28.9 Å². The number of aromatic nitrogens is 2. The Labute approximate surface area is 207 Å². The van der Waals surface area contributed by atoms with E-state index in [1.54, 1.807) is 0 Å². The molecular formula is C27H33N5OS. The van der Waals surface area contributed by atoms with Crippen LogP contribution in [0.1, 0.15) is 66.6 Å². The van der Waals surface area contributed by atoms with Gasteiger partial charge in [0.15, 0.2) is 5.11 Å². The number of benzene rings is 1. The Hall–Kier alpha value is -3.19. The first kappa shape index (κ1) is 24.0. The molecule has 2 atom stereocenters. The number of anilines is 1. The van der Waals surface area contributed by atoms with E-state index in [-0.39, 0.29) is 18.0 Å². The predicted molar refractivity (Wildman–Crippen MR) is 141 cm³/mol. The molecule has 4 rings (SSSR count). The summed E-state index contributed by atoms with van der Waals surface area (Å²) in [4.78, 5) is 19.5. The summed E-state index contributed by atoms with van der Waals surface area (Å²) in [5, 5.41) is 7.14. The number of carbonyl (C=O) groups is 1. The number of pyridine rings is 1. The van der Waals surface area contributed by atoms with Gasteiger partial charge in [0.05, 0.1) is 17.8 Å². The summed E-state index contributed by atoms with van der Waals surface area (Å²) in [5.41, 5.74) is 6.56. The number of nitrogens with zero attached hydrogens (tertiary/aromatic N) is 3. The molecule has 3 heterocycles. The van der Waals surface area contributed by atoms with Crippen molar-refractivity contribution < 1.29 is 4.79 Å². The van der Waals surface area contributed by atoms with Crippen LogP contribution in [0.2, 0.25) is 0 Å². The Morgan fingerprint density at radius 3 is 2.50 bits per heavy atom. The normalized spacial score (nSPS) is 17.8. The Balaban J connectivity index is 1.61. The Bertz CT molecular complexity index is 1170. The summed E-state index contributed by atoms with van der Waals surface area (Å²) < 4.78 is 2.36. The first-order valence-corrected chi connectivity index (χ1v) is 12.2. The van der Waals surface area contributed by atoms with Gasteiger partial charge in [-0.05, 0) is 82.7 Å². The lowest BCUT2D eigenvalue weighted by molar-refractivity contribution is -0.116. The third kappa shape index (κ3) is 4.85. The number of thiocarbonyl (C=S) groups is 1. The van der Waals surface area contributed by atoms with Crippen molar-refractivity contribution in [3.8, 4) is 0 Å². The fraction of sp³-hybridized carbons (Fsp3) is 0.370. The maximum absolute atomic E-state index is 12.8. The summed E-state index contributed by atoms with van der Waals surface area (Å²) in [6.45, 7) is 11.3. The van der Waals surface area contributed by atoms with E-state index >= 15 is 0 Å². The molecule has 1 aliphatic rings. The Kier molecular flexibility index (Phi) is 7.03. The molecule has 178 valence electrons. The molecule has 34 heavy (non-hydrogen) atoms. The molecule has 1 saturated heterocycles. The Morgan fingerprint density at radius 2 is 1.88 bits per heavy atom. The van der Waals surface area contributed by atoms with Crippen molar-refractivity contribution in [3.63, 3.8) is 0 Å². The van der Waals surface area contributed by atoms with Gasteiger partial charge in [-0.3, -0.25) is 9.78 Å². The molecule has 1 aliphatic heterocycles. The van der Waals surface area contributed by atoms with Crippen LogP contribution in [-0.4, -0.2) is 32.0 Å². The zero-order valence-electron chi connectivity index (χ0n) is 20.5. The van der Waals surface area contributed by atoms with Crippen LogP contribution in [0.15, 0.2) is 54.7 Å². The van der Waals surface area contributed by atoms with Gasteiger partial charge in [0.1, 0.15) is 0 Å². The lowest BCUT2D eigenvalue weighted by Gasteiger charge is -2.28. The van der Waals surface area contributed by atoms with Crippen LogP contribution in [0, 0.1) is 20.8 Å². The fourth-order valence-corrected chi connectivity index (χ4v) is 5.30.